The van der Waals surface area contributed by atoms with E-state index in [9.17, 15) is 4.79 Å². The van der Waals surface area contributed by atoms with Crippen molar-refractivity contribution in [3.8, 4) is 0 Å². The molecule has 1 aromatic rings. The monoisotopic (exact) mass is 190 g/mol. The van der Waals surface area contributed by atoms with Gasteiger partial charge in [0.25, 0.3) is 5.91 Å². The van der Waals surface area contributed by atoms with E-state index in [1.54, 1.807) is 5.48 Å². The Morgan fingerprint density at radius 1 is 1.43 bits per heavy atom. The van der Waals surface area contributed by atoms with E-state index in [1.807, 2.05) is 24.3 Å². The van der Waals surface area contributed by atoms with Crippen LogP contribution < -0.4 is 5.48 Å². The molecule has 0 atom stereocenters. The number of hydrogen-bond donors (Lipinski definition) is 2. The van der Waals surface area contributed by atoms with Crippen LogP contribution in [0.3, 0.4) is 0 Å². The van der Waals surface area contributed by atoms with Crippen LogP contribution >= 0.6 is 0 Å². The fourth-order valence-electron chi connectivity index (χ4n) is 1.59. The molecule has 1 aromatic carbocycles. The molecule has 72 valence electrons. The number of hydrogen-bond acceptors (Lipinski definition) is 3. The number of aliphatic imine (C=N–C) groups is 1. The second-order valence-corrected chi connectivity index (χ2v) is 3.08. The first kappa shape index (κ1) is 8.90. The first-order valence-corrected chi connectivity index (χ1v) is 4.40. The third-order valence-corrected chi connectivity index (χ3v) is 2.24. The maximum atomic E-state index is 11.2. The van der Waals surface area contributed by atoms with Crippen molar-refractivity contribution in [2.75, 3.05) is 6.54 Å². The molecule has 4 nitrogen and oxygen atoms in total. The Bertz CT molecular complexity index is 399. The average Bonchev–Trinajstić information content (AvgIpc) is 2.27. The Labute approximate surface area is 81.2 Å². The lowest BCUT2D eigenvalue weighted by Gasteiger charge is -2.14. The quantitative estimate of drug-likeness (QED) is 0.501. The number of carbonyl (C=O) groups excluding carboxylic acids is 1. The van der Waals surface area contributed by atoms with Crippen LogP contribution in [0, 0.1) is 0 Å². The predicted molar refractivity (Wildman–Crippen MR) is 51.5 cm³/mol. The summed E-state index contributed by atoms with van der Waals surface area (Å²) in [4.78, 5) is 15.3. The van der Waals surface area contributed by atoms with Crippen molar-refractivity contribution in [2.45, 2.75) is 6.42 Å². The van der Waals surface area contributed by atoms with Gasteiger partial charge in [0.1, 0.15) is 5.71 Å². The minimum absolute atomic E-state index is 0.314. The van der Waals surface area contributed by atoms with Crippen LogP contribution in [0.5, 0.6) is 0 Å². The molecule has 0 fully saturated rings. The van der Waals surface area contributed by atoms with Crippen molar-refractivity contribution in [3.63, 3.8) is 0 Å². The molecular formula is C10H10N2O2. The van der Waals surface area contributed by atoms with Crippen LogP contribution in [0.15, 0.2) is 29.3 Å². The zero-order chi connectivity index (χ0) is 9.97. The summed E-state index contributed by atoms with van der Waals surface area (Å²) < 4.78 is 0. The number of nitrogens with one attached hydrogen (secondary N) is 1. The Hall–Kier alpha value is -1.68. The van der Waals surface area contributed by atoms with E-state index in [2.05, 4.69) is 4.99 Å². The van der Waals surface area contributed by atoms with E-state index < -0.39 is 5.91 Å². The lowest BCUT2D eigenvalue weighted by atomic mass is 9.97. The molecule has 0 aliphatic carbocycles. The van der Waals surface area contributed by atoms with Crippen molar-refractivity contribution in [3.05, 3.63) is 35.4 Å². The maximum Gasteiger partial charge on any atom is 0.293 e. The summed E-state index contributed by atoms with van der Waals surface area (Å²) in [7, 11) is 0. The van der Waals surface area contributed by atoms with Crippen molar-refractivity contribution < 1.29 is 10.0 Å². The minimum Gasteiger partial charge on any atom is -0.288 e. The maximum absolute atomic E-state index is 11.2. The van der Waals surface area contributed by atoms with E-state index in [0.717, 1.165) is 17.5 Å². The molecule has 0 radical (unpaired) electrons. The zero-order valence-corrected chi connectivity index (χ0v) is 7.53. The van der Waals surface area contributed by atoms with E-state index in [4.69, 9.17) is 5.21 Å². The van der Waals surface area contributed by atoms with E-state index in [-0.39, 0.29) is 0 Å². The molecule has 0 aromatic heterocycles. The van der Waals surface area contributed by atoms with Gasteiger partial charge in [-0.05, 0) is 12.0 Å². The van der Waals surface area contributed by atoms with Gasteiger partial charge in [-0.3, -0.25) is 15.0 Å². The fourth-order valence-corrected chi connectivity index (χ4v) is 1.59. The third kappa shape index (κ3) is 1.40. The average molecular weight is 190 g/mol. The number of nitrogens with zero attached hydrogens (tertiary/aromatic N) is 1. The highest BCUT2D eigenvalue weighted by Gasteiger charge is 2.19. The highest BCUT2D eigenvalue weighted by molar-refractivity contribution is 6.45. The van der Waals surface area contributed by atoms with Gasteiger partial charge in [0.15, 0.2) is 0 Å². The summed E-state index contributed by atoms with van der Waals surface area (Å²) in [6.45, 7) is 0.597. The molecule has 1 aliphatic heterocycles. The van der Waals surface area contributed by atoms with E-state index >= 15 is 0 Å². The van der Waals surface area contributed by atoms with Crippen LogP contribution in [0.4, 0.5) is 0 Å². The summed E-state index contributed by atoms with van der Waals surface area (Å²) in [5.74, 6) is -0.544. The molecule has 0 unspecified atom stereocenters. The molecule has 4 heteroatoms. The van der Waals surface area contributed by atoms with Crippen LogP contribution in [-0.4, -0.2) is 23.4 Å². The summed E-state index contributed by atoms with van der Waals surface area (Å²) in [6.07, 6.45) is 0.846. The van der Waals surface area contributed by atoms with Crippen molar-refractivity contribution in [2.24, 2.45) is 4.99 Å². The second-order valence-electron chi connectivity index (χ2n) is 3.08. The molecular weight excluding hydrogens is 180 g/mol. The number of benzene rings is 1. The fraction of sp³-hybridized carbons (Fsp3) is 0.200. The smallest absolute Gasteiger partial charge is 0.288 e. The lowest BCUT2D eigenvalue weighted by molar-refractivity contribution is -0.122. The number of carbonyl (C=O) groups is 1. The lowest BCUT2D eigenvalue weighted by Crippen LogP contribution is -2.31. The van der Waals surface area contributed by atoms with Gasteiger partial charge < -0.3 is 0 Å². The Morgan fingerprint density at radius 2 is 2.21 bits per heavy atom. The van der Waals surface area contributed by atoms with Crippen molar-refractivity contribution >= 4 is 11.6 Å². The molecule has 1 amide bonds. The van der Waals surface area contributed by atoms with E-state index in [0.29, 0.717) is 12.3 Å². The van der Waals surface area contributed by atoms with Crippen molar-refractivity contribution in [1.29, 1.82) is 0 Å². The molecule has 1 heterocycles. The molecule has 14 heavy (non-hydrogen) atoms. The van der Waals surface area contributed by atoms with Gasteiger partial charge in [-0.25, -0.2) is 5.48 Å². The number of hydroxylamine groups is 1. The standard InChI is InChI=1S/C10H10N2O2/c13-10(12-14)9-8-4-2-1-3-7(8)5-6-11-9/h1-4,14H,5-6H2,(H,12,13). The number of rotatable bonds is 1. The van der Waals surface area contributed by atoms with Gasteiger partial charge >= 0.3 is 0 Å². The molecule has 2 N–H and O–H groups in total. The topological polar surface area (TPSA) is 61.7 Å². The largest absolute Gasteiger partial charge is 0.293 e. The molecule has 0 saturated heterocycles. The van der Waals surface area contributed by atoms with Crippen molar-refractivity contribution in [1.82, 2.24) is 5.48 Å². The summed E-state index contributed by atoms with van der Waals surface area (Å²) >= 11 is 0. The summed E-state index contributed by atoms with van der Waals surface area (Å²) in [6, 6.07) is 7.58. The molecule has 0 saturated carbocycles. The van der Waals surface area contributed by atoms with Gasteiger partial charge in [-0.2, -0.15) is 0 Å². The van der Waals surface area contributed by atoms with Gasteiger partial charge in [0.2, 0.25) is 0 Å². The Kier molecular flexibility index (Phi) is 2.28. The predicted octanol–water partition coefficient (Wildman–Crippen LogP) is 0.537. The van der Waals surface area contributed by atoms with Gasteiger partial charge in [-0.1, -0.05) is 24.3 Å². The van der Waals surface area contributed by atoms with Gasteiger partial charge in [0, 0.05) is 12.1 Å². The van der Waals surface area contributed by atoms with Crippen LogP contribution in [0.2, 0.25) is 0 Å². The minimum atomic E-state index is -0.544. The normalized spacial score (nSPS) is 14.2. The van der Waals surface area contributed by atoms with Gasteiger partial charge in [0.05, 0.1) is 0 Å². The first-order valence-electron chi connectivity index (χ1n) is 4.40. The Balaban J connectivity index is 2.45. The SMILES string of the molecule is O=C(NO)C1=NCCc2ccccc21. The number of fused-ring (bicyclic) bond motifs is 1. The van der Waals surface area contributed by atoms with E-state index in [1.165, 1.54) is 0 Å². The van der Waals surface area contributed by atoms with Gasteiger partial charge in [-0.15, -0.1) is 0 Å². The van der Waals surface area contributed by atoms with Crippen LogP contribution in [0.25, 0.3) is 0 Å². The molecule has 1 aliphatic rings. The zero-order valence-electron chi connectivity index (χ0n) is 7.53. The molecule has 2 rings (SSSR count). The number of amides is 1. The molecule has 0 bridgehead atoms. The highest BCUT2D eigenvalue weighted by Crippen LogP contribution is 2.15. The van der Waals surface area contributed by atoms with Crippen LogP contribution in [0.1, 0.15) is 11.1 Å². The first-order chi connectivity index (χ1) is 6.83. The second kappa shape index (κ2) is 3.59. The third-order valence-electron chi connectivity index (χ3n) is 2.24. The summed E-state index contributed by atoms with van der Waals surface area (Å²) in [5.41, 5.74) is 3.83. The Morgan fingerprint density at radius 3 is 3.00 bits per heavy atom. The molecule has 0 spiro atoms. The van der Waals surface area contributed by atoms with Crippen LogP contribution in [-0.2, 0) is 11.2 Å². The highest BCUT2D eigenvalue weighted by atomic mass is 16.5. The summed E-state index contributed by atoms with van der Waals surface area (Å²) in [5, 5.41) is 8.53.